The first-order chi connectivity index (χ1) is 8.59. The predicted molar refractivity (Wildman–Crippen MR) is 74.6 cm³/mol. The van der Waals surface area contributed by atoms with E-state index in [2.05, 4.69) is 48.5 Å². The standard InChI is InChI=1S/C15H24N2O/c1-13-5-3-4-6-14(13)11-17(2)12-15(18)7-9-16-10-8-15/h3-6,16,18H,7-12H2,1-2H3. The summed E-state index contributed by atoms with van der Waals surface area (Å²) in [6.45, 7) is 5.65. The third-order valence-electron chi connectivity index (χ3n) is 3.80. The van der Waals surface area contributed by atoms with Crippen molar-refractivity contribution in [2.75, 3.05) is 26.7 Å². The Morgan fingerprint density at radius 1 is 1.28 bits per heavy atom. The molecule has 2 N–H and O–H groups in total. The second kappa shape index (κ2) is 5.83. The number of nitrogens with one attached hydrogen (secondary N) is 1. The fraction of sp³-hybridized carbons (Fsp3) is 0.600. The van der Waals surface area contributed by atoms with Gasteiger partial charge in [-0.3, -0.25) is 4.90 Å². The van der Waals surface area contributed by atoms with Crippen molar-refractivity contribution >= 4 is 0 Å². The van der Waals surface area contributed by atoms with E-state index in [4.69, 9.17) is 0 Å². The average Bonchev–Trinajstić information content (AvgIpc) is 2.32. The number of hydrogen-bond donors (Lipinski definition) is 2. The van der Waals surface area contributed by atoms with Crippen LogP contribution < -0.4 is 5.32 Å². The Morgan fingerprint density at radius 2 is 1.94 bits per heavy atom. The maximum atomic E-state index is 10.5. The van der Waals surface area contributed by atoms with E-state index in [0.29, 0.717) is 0 Å². The van der Waals surface area contributed by atoms with Gasteiger partial charge in [0.2, 0.25) is 0 Å². The van der Waals surface area contributed by atoms with Crippen molar-refractivity contribution in [1.82, 2.24) is 10.2 Å². The van der Waals surface area contributed by atoms with Crippen molar-refractivity contribution in [3.05, 3.63) is 35.4 Å². The molecule has 1 aromatic rings. The molecule has 18 heavy (non-hydrogen) atoms. The third-order valence-corrected chi connectivity index (χ3v) is 3.80. The molecule has 1 fully saturated rings. The Bertz CT molecular complexity index is 386. The lowest BCUT2D eigenvalue weighted by Crippen LogP contribution is -2.48. The Morgan fingerprint density at radius 3 is 2.61 bits per heavy atom. The zero-order valence-electron chi connectivity index (χ0n) is 11.4. The molecule has 0 aromatic heterocycles. The van der Waals surface area contributed by atoms with E-state index in [9.17, 15) is 5.11 Å². The maximum Gasteiger partial charge on any atom is 0.0798 e. The monoisotopic (exact) mass is 248 g/mol. The lowest BCUT2D eigenvalue weighted by atomic mass is 9.92. The van der Waals surface area contributed by atoms with Gasteiger partial charge in [-0.1, -0.05) is 24.3 Å². The smallest absolute Gasteiger partial charge is 0.0798 e. The van der Waals surface area contributed by atoms with E-state index in [-0.39, 0.29) is 0 Å². The lowest BCUT2D eigenvalue weighted by molar-refractivity contribution is -0.0168. The fourth-order valence-electron chi connectivity index (χ4n) is 2.69. The van der Waals surface area contributed by atoms with Gasteiger partial charge in [-0.25, -0.2) is 0 Å². The quantitative estimate of drug-likeness (QED) is 0.848. The van der Waals surface area contributed by atoms with E-state index >= 15 is 0 Å². The molecule has 1 saturated heterocycles. The number of likely N-dealkylation sites (N-methyl/N-ethyl adjacent to an activating group) is 1. The van der Waals surface area contributed by atoms with Crippen molar-refractivity contribution in [1.29, 1.82) is 0 Å². The summed E-state index contributed by atoms with van der Waals surface area (Å²) in [5.74, 6) is 0. The zero-order chi connectivity index (χ0) is 13.0. The Kier molecular flexibility index (Phi) is 4.38. The van der Waals surface area contributed by atoms with Crippen molar-refractivity contribution < 1.29 is 5.11 Å². The van der Waals surface area contributed by atoms with Crippen LogP contribution in [0.2, 0.25) is 0 Å². The molecule has 0 radical (unpaired) electrons. The lowest BCUT2D eigenvalue weighted by Gasteiger charge is -2.36. The van der Waals surface area contributed by atoms with Gasteiger partial charge in [-0.2, -0.15) is 0 Å². The van der Waals surface area contributed by atoms with E-state index in [1.165, 1.54) is 11.1 Å². The number of aryl methyl sites for hydroxylation is 1. The molecule has 0 atom stereocenters. The van der Waals surface area contributed by atoms with Gasteiger partial charge in [0.15, 0.2) is 0 Å². The number of nitrogens with zero attached hydrogens (tertiary/aromatic N) is 1. The second-order valence-corrected chi connectivity index (χ2v) is 5.57. The molecule has 0 unspecified atom stereocenters. The molecule has 3 heteroatoms. The van der Waals surface area contributed by atoms with Gasteiger partial charge in [0, 0.05) is 13.1 Å². The van der Waals surface area contributed by atoms with Gasteiger partial charge in [-0.05, 0) is 51.0 Å². The normalized spacial score (nSPS) is 19.1. The van der Waals surface area contributed by atoms with Crippen LogP contribution in [0.4, 0.5) is 0 Å². The minimum Gasteiger partial charge on any atom is -0.388 e. The Balaban J connectivity index is 1.92. The summed E-state index contributed by atoms with van der Waals surface area (Å²) in [7, 11) is 2.09. The van der Waals surface area contributed by atoms with Crippen LogP contribution in [-0.4, -0.2) is 42.3 Å². The van der Waals surface area contributed by atoms with Crippen molar-refractivity contribution in [2.24, 2.45) is 0 Å². The molecule has 100 valence electrons. The highest BCUT2D eigenvalue weighted by Gasteiger charge is 2.30. The number of rotatable bonds is 4. The summed E-state index contributed by atoms with van der Waals surface area (Å²) in [5.41, 5.74) is 2.15. The molecule has 3 nitrogen and oxygen atoms in total. The van der Waals surface area contributed by atoms with Crippen molar-refractivity contribution in [3.8, 4) is 0 Å². The zero-order valence-corrected chi connectivity index (χ0v) is 11.4. The van der Waals surface area contributed by atoms with Gasteiger partial charge >= 0.3 is 0 Å². The molecule has 1 aromatic carbocycles. The molecular weight excluding hydrogens is 224 g/mol. The first-order valence-corrected chi connectivity index (χ1v) is 6.75. The summed E-state index contributed by atoms with van der Waals surface area (Å²) in [5, 5.41) is 13.8. The Hall–Kier alpha value is -0.900. The van der Waals surface area contributed by atoms with Crippen LogP contribution in [0.25, 0.3) is 0 Å². The summed E-state index contributed by atoms with van der Waals surface area (Å²) in [6, 6.07) is 8.45. The van der Waals surface area contributed by atoms with Crippen LogP contribution >= 0.6 is 0 Å². The van der Waals surface area contributed by atoms with Crippen molar-refractivity contribution in [3.63, 3.8) is 0 Å². The van der Waals surface area contributed by atoms with Crippen LogP contribution in [0.3, 0.4) is 0 Å². The van der Waals surface area contributed by atoms with Crippen LogP contribution in [0.5, 0.6) is 0 Å². The fourth-order valence-corrected chi connectivity index (χ4v) is 2.69. The molecular formula is C15H24N2O. The molecule has 0 bridgehead atoms. The van der Waals surface area contributed by atoms with E-state index in [0.717, 1.165) is 39.0 Å². The van der Waals surface area contributed by atoms with Crippen LogP contribution in [0.1, 0.15) is 24.0 Å². The Labute approximate surface area is 110 Å². The predicted octanol–water partition coefficient (Wildman–Crippen LogP) is 1.54. The van der Waals surface area contributed by atoms with E-state index in [1.54, 1.807) is 0 Å². The molecule has 0 amide bonds. The maximum absolute atomic E-state index is 10.5. The van der Waals surface area contributed by atoms with Gasteiger partial charge in [0.1, 0.15) is 0 Å². The molecule has 1 heterocycles. The topological polar surface area (TPSA) is 35.5 Å². The van der Waals surface area contributed by atoms with Crippen LogP contribution in [0, 0.1) is 6.92 Å². The molecule has 0 spiro atoms. The van der Waals surface area contributed by atoms with Gasteiger partial charge < -0.3 is 10.4 Å². The van der Waals surface area contributed by atoms with E-state index in [1.807, 2.05) is 0 Å². The second-order valence-electron chi connectivity index (χ2n) is 5.57. The minimum absolute atomic E-state index is 0.511. The number of aliphatic hydroxyl groups is 1. The molecule has 0 saturated carbocycles. The SMILES string of the molecule is Cc1ccccc1CN(C)CC1(O)CCNCC1. The highest BCUT2D eigenvalue weighted by Crippen LogP contribution is 2.20. The molecule has 1 aliphatic heterocycles. The summed E-state index contributed by atoms with van der Waals surface area (Å²) < 4.78 is 0. The summed E-state index contributed by atoms with van der Waals surface area (Å²) in [4.78, 5) is 2.23. The highest BCUT2D eigenvalue weighted by atomic mass is 16.3. The first-order valence-electron chi connectivity index (χ1n) is 6.75. The summed E-state index contributed by atoms with van der Waals surface area (Å²) in [6.07, 6.45) is 1.70. The summed E-state index contributed by atoms with van der Waals surface area (Å²) >= 11 is 0. The minimum atomic E-state index is -0.511. The van der Waals surface area contributed by atoms with Crippen molar-refractivity contribution in [2.45, 2.75) is 31.9 Å². The average molecular weight is 248 g/mol. The molecule has 2 rings (SSSR count). The first kappa shape index (κ1) is 13.5. The highest BCUT2D eigenvalue weighted by molar-refractivity contribution is 5.25. The van der Waals surface area contributed by atoms with Gasteiger partial charge in [-0.15, -0.1) is 0 Å². The van der Waals surface area contributed by atoms with Gasteiger partial charge in [0.25, 0.3) is 0 Å². The van der Waals surface area contributed by atoms with E-state index < -0.39 is 5.60 Å². The number of hydrogen-bond acceptors (Lipinski definition) is 3. The largest absolute Gasteiger partial charge is 0.388 e. The number of piperidine rings is 1. The molecule has 0 aliphatic carbocycles. The van der Waals surface area contributed by atoms with Gasteiger partial charge in [0.05, 0.1) is 5.60 Å². The number of benzene rings is 1. The van der Waals surface area contributed by atoms with Crippen LogP contribution in [0.15, 0.2) is 24.3 Å². The third kappa shape index (κ3) is 3.55. The molecule has 1 aliphatic rings. The van der Waals surface area contributed by atoms with Crippen LogP contribution in [-0.2, 0) is 6.54 Å².